The van der Waals surface area contributed by atoms with E-state index in [0.717, 1.165) is 22.4 Å². The maximum Gasteiger partial charge on any atom is 0.339 e. The minimum atomic E-state index is -0.606. The number of rotatable bonds is 4. The van der Waals surface area contributed by atoms with Crippen LogP contribution < -0.4 is 5.32 Å². The summed E-state index contributed by atoms with van der Waals surface area (Å²) in [6, 6.07) is 10.8. The molecule has 0 aliphatic carbocycles. The number of benzene rings is 1. The van der Waals surface area contributed by atoms with Gasteiger partial charge < -0.3 is 4.74 Å². The van der Waals surface area contributed by atoms with Crippen LogP contribution >= 0.6 is 0 Å². The van der Waals surface area contributed by atoms with Gasteiger partial charge in [-0.25, -0.2) is 9.31 Å². The molecule has 1 aromatic carbocycles. The maximum absolute atomic E-state index is 12.5. The molecule has 1 amide bonds. The number of carbonyl (C=O) groups is 2. The Balaban J connectivity index is 1.34. The number of amides is 1. The van der Waals surface area contributed by atoms with Gasteiger partial charge in [-0.15, -0.1) is 5.10 Å². The monoisotopic (exact) mass is 402 g/mol. The number of anilines is 1. The Morgan fingerprint density at radius 2 is 1.97 bits per heavy atom. The van der Waals surface area contributed by atoms with E-state index in [4.69, 9.17) is 4.74 Å². The van der Waals surface area contributed by atoms with Crippen molar-refractivity contribution in [2.75, 3.05) is 5.32 Å². The number of esters is 1. The molecule has 3 aromatic heterocycles. The summed E-state index contributed by atoms with van der Waals surface area (Å²) < 4.78 is 8.70. The summed E-state index contributed by atoms with van der Waals surface area (Å²) in [5.74, 6) is -0.547. The summed E-state index contributed by atoms with van der Waals surface area (Å²) in [4.78, 5) is 28.8. The van der Waals surface area contributed by atoms with Crippen molar-refractivity contribution in [2.24, 2.45) is 7.05 Å². The fraction of sp³-hybridized carbons (Fsp3) is 0.190. The molecule has 4 heterocycles. The summed E-state index contributed by atoms with van der Waals surface area (Å²) >= 11 is 0. The number of aryl methyl sites for hydroxylation is 2. The third kappa shape index (κ3) is 3.10. The molecule has 5 rings (SSSR count). The van der Waals surface area contributed by atoms with E-state index < -0.39 is 12.1 Å². The van der Waals surface area contributed by atoms with Crippen LogP contribution in [0.1, 0.15) is 34.1 Å². The zero-order valence-electron chi connectivity index (χ0n) is 16.4. The van der Waals surface area contributed by atoms with Gasteiger partial charge in [0.05, 0.1) is 17.7 Å². The number of ether oxygens (including phenoxy) is 1. The Bertz CT molecular complexity index is 1310. The standard InChI is InChI=1S/C21H18N6O3/c1-12-16(11-26(2)24-12)13-7-8-18-22-21(25-27(18)10-13)23-19(28)9-17-14-5-3-4-6-15(14)20(29)30-17/h3-8,10-11,17H,9H2,1-2H3,(H,23,25,28)/t17-/m1/s1. The molecule has 1 aliphatic heterocycles. The van der Waals surface area contributed by atoms with Crippen LogP contribution in [0.4, 0.5) is 5.95 Å². The van der Waals surface area contributed by atoms with Crippen molar-refractivity contribution in [1.82, 2.24) is 24.4 Å². The van der Waals surface area contributed by atoms with E-state index in [0.29, 0.717) is 11.2 Å². The van der Waals surface area contributed by atoms with Crippen molar-refractivity contribution in [2.45, 2.75) is 19.4 Å². The number of nitrogens with one attached hydrogen (secondary N) is 1. The average Bonchev–Trinajstić information content (AvgIpc) is 3.36. The summed E-state index contributed by atoms with van der Waals surface area (Å²) in [7, 11) is 1.87. The van der Waals surface area contributed by atoms with Gasteiger partial charge in [0.1, 0.15) is 6.10 Å². The van der Waals surface area contributed by atoms with Crippen LogP contribution in [0.5, 0.6) is 0 Å². The molecule has 150 valence electrons. The Morgan fingerprint density at radius 1 is 1.13 bits per heavy atom. The van der Waals surface area contributed by atoms with Gasteiger partial charge in [0.15, 0.2) is 5.65 Å². The lowest BCUT2D eigenvalue weighted by atomic mass is 10.0. The number of cyclic esters (lactones) is 1. The van der Waals surface area contributed by atoms with Gasteiger partial charge in [0.2, 0.25) is 11.9 Å². The number of hydrogen-bond donors (Lipinski definition) is 1. The Labute approximate surface area is 171 Å². The molecule has 0 bridgehead atoms. The lowest BCUT2D eigenvalue weighted by Crippen LogP contribution is -2.16. The predicted molar refractivity (Wildman–Crippen MR) is 108 cm³/mol. The fourth-order valence-electron chi connectivity index (χ4n) is 3.69. The van der Waals surface area contributed by atoms with Gasteiger partial charge in [0, 0.05) is 36.1 Å². The number of hydrogen-bond acceptors (Lipinski definition) is 6. The highest BCUT2D eigenvalue weighted by molar-refractivity contribution is 5.96. The zero-order chi connectivity index (χ0) is 20.8. The molecule has 9 heteroatoms. The molecule has 0 unspecified atom stereocenters. The van der Waals surface area contributed by atoms with Gasteiger partial charge in [-0.05, 0) is 25.1 Å². The summed E-state index contributed by atoms with van der Waals surface area (Å²) in [5.41, 5.74) is 4.69. The highest BCUT2D eigenvalue weighted by Crippen LogP contribution is 2.33. The van der Waals surface area contributed by atoms with Crippen LogP contribution in [0, 0.1) is 6.92 Å². The van der Waals surface area contributed by atoms with E-state index in [-0.39, 0.29) is 18.3 Å². The number of aromatic nitrogens is 5. The Morgan fingerprint density at radius 3 is 2.77 bits per heavy atom. The zero-order valence-corrected chi connectivity index (χ0v) is 16.4. The minimum absolute atomic E-state index is 0.00155. The number of fused-ring (bicyclic) bond motifs is 2. The number of pyridine rings is 1. The highest BCUT2D eigenvalue weighted by Gasteiger charge is 2.32. The molecule has 30 heavy (non-hydrogen) atoms. The van der Waals surface area contributed by atoms with Crippen LogP contribution in [-0.4, -0.2) is 36.3 Å². The van der Waals surface area contributed by atoms with E-state index in [1.165, 1.54) is 0 Å². The van der Waals surface area contributed by atoms with Crippen molar-refractivity contribution < 1.29 is 14.3 Å². The van der Waals surface area contributed by atoms with Gasteiger partial charge >= 0.3 is 5.97 Å². The second kappa shape index (κ2) is 6.80. The smallest absolute Gasteiger partial charge is 0.339 e. The molecular formula is C21H18N6O3. The molecule has 9 nitrogen and oxygen atoms in total. The quantitative estimate of drug-likeness (QED) is 0.527. The summed E-state index contributed by atoms with van der Waals surface area (Å²) in [6.07, 6.45) is 3.18. The lowest BCUT2D eigenvalue weighted by Gasteiger charge is -2.09. The van der Waals surface area contributed by atoms with Gasteiger partial charge in [-0.3, -0.25) is 14.8 Å². The second-order valence-electron chi connectivity index (χ2n) is 7.19. The van der Waals surface area contributed by atoms with E-state index in [1.807, 2.05) is 44.6 Å². The van der Waals surface area contributed by atoms with E-state index >= 15 is 0 Å². The molecule has 1 N–H and O–H groups in total. The van der Waals surface area contributed by atoms with Crippen molar-refractivity contribution in [3.8, 4) is 11.1 Å². The average molecular weight is 402 g/mol. The van der Waals surface area contributed by atoms with Crippen molar-refractivity contribution in [3.63, 3.8) is 0 Å². The lowest BCUT2D eigenvalue weighted by molar-refractivity contribution is -0.118. The van der Waals surface area contributed by atoms with Crippen LogP contribution in [0.25, 0.3) is 16.8 Å². The fourth-order valence-corrected chi connectivity index (χ4v) is 3.69. The largest absolute Gasteiger partial charge is 0.453 e. The summed E-state index contributed by atoms with van der Waals surface area (Å²) in [6.45, 7) is 1.94. The van der Waals surface area contributed by atoms with Crippen LogP contribution in [-0.2, 0) is 16.6 Å². The molecule has 0 radical (unpaired) electrons. The first-order valence-corrected chi connectivity index (χ1v) is 9.45. The Kier molecular flexibility index (Phi) is 4.09. The molecule has 0 fully saturated rings. The van der Waals surface area contributed by atoms with E-state index in [9.17, 15) is 9.59 Å². The van der Waals surface area contributed by atoms with E-state index in [1.54, 1.807) is 27.4 Å². The molecule has 0 saturated carbocycles. The third-order valence-corrected chi connectivity index (χ3v) is 5.05. The SMILES string of the molecule is Cc1nn(C)cc1-c1ccc2nc(NC(=O)C[C@H]3OC(=O)c4ccccc43)nn2c1. The summed E-state index contributed by atoms with van der Waals surface area (Å²) in [5, 5.41) is 11.4. The van der Waals surface area contributed by atoms with Gasteiger partial charge in [0.25, 0.3) is 0 Å². The molecule has 1 atom stereocenters. The van der Waals surface area contributed by atoms with Crippen LogP contribution in [0.2, 0.25) is 0 Å². The number of carbonyl (C=O) groups excluding carboxylic acids is 2. The minimum Gasteiger partial charge on any atom is -0.453 e. The van der Waals surface area contributed by atoms with Gasteiger partial charge in [-0.2, -0.15) is 10.1 Å². The van der Waals surface area contributed by atoms with Crippen LogP contribution in [0.3, 0.4) is 0 Å². The topological polar surface area (TPSA) is 103 Å². The number of nitrogens with zero attached hydrogens (tertiary/aromatic N) is 5. The molecular weight excluding hydrogens is 384 g/mol. The third-order valence-electron chi connectivity index (χ3n) is 5.05. The van der Waals surface area contributed by atoms with E-state index in [2.05, 4.69) is 20.5 Å². The Hall–Kier alpha value is -4.01. The first-order valence-electron chi connectivity index (χ1n) is 9.45. The van der Waals surface area contributed by atoms with Gasteiger partial charge in [-0.1, -0.05) is 18.2 Å². The molecule has 1 aliphatic rings. The first-order chi connectivity index (χ1) is 14.5. The molecule has 0 spiro atoms. The molecule has 0 saturated heterocycles. The maximum atomic E-state index is 12.5. The second-order valence-corrected chi connectivity index (χ2v) is 7.19. The first kappa shape index (κ1) is 18.0. The van der Waals surface area contributed by atoms with Crippen molar-refractivity contribution in [1.29, 1.82) is 0 Å². The van der Waals surface area contributed by atoms with Crippen LogP contribution in [0.15, 0.2) is 48.8 Å². The highest BCUT2D eigenvalue weighted by atomic mass is 16.5. The normalized spacial score (nSPS) is 15.3. The predicted octanol–water partition coefficient (Wildman–Crippen LogP) is 2.68. The molecule has 4 aromatic rings. The van der Waals surface area contributed by atoms with Crippen molar-refractivity contribution >= 4 is 23.5 Å². The van der Waals surface area contributed by atoms with Crippen molar-refractivity contribution in [3.05, 3.63) is 65.6 Å².